The minimum absolute atomic E-state index is 0.0358. The first kappa shape index (κ1) is 41.6. The number of aryl methyl sites for hydroxylation is 1. The number of amides is 6. The van der Waals surface area contributed by atoms with Crippen LogP contribution in [0.1, 0.15) is 76.0 Å². The van der Waals surface area contributed by atoms with Gasteiger partial charge in [0.25, 0.3) is 0 Å². The van der Waals surface area contributed by atoms with E-state index in [1.54, 1.807) is 31.2 Å². The highest BCUT2D eigenvalue weighted by molar-refractivity contribution is 6.30. The highest BCUT2D eigenvalue weighted by atomic mass is 35.5. The molecule has 4 saturated heterocycles. The van der Waals surface area contributed by atoms with Crippen molar-refractivity contribution in [2.75, 3.05) is 19.6 Å². The van der Waals surface area contributed by atoms with Gasteiger partial charge < -0.3 is 35.4 Å². The van der Waals surface area contributed by atoms with Crippen molar-refractivity contribution >= 4 is 53.0 Å². The van der Waals surface area contributed by atoms with Gasteiger partial charge in [0.05, 0.1) is 6.42 Å². The number of nitrogens with zero attached hydrogens (tertiary/aromatic N) is 3. The van der Waals surface area contributed by atoms with Crippen LogP contribution in [0.4, 0.5) is 0 Å². The van der Waals surface area contributed by atoms with Crippen molar-refractivity contribution in [1.29, 1.82) is 0 Å². The number of ether oxygens (including phenoxy) is 1. The normalized spacial score (nSPS) is 27.8. The van der Waals surface area contributed by atoms with Crippen LogP contribution in [0, 0.1) is 12.8 Å². The van der Waals surface area contributed by atoms with Gasteiger partial charge in [-0.2, -0.15) is 0 Å². The van der Waals surface area contributed by atoms with Crippen molar-refractivity contribution in [2.24, 2.45) is 5.92 Å². The first-order valence-electron chi connectivity index (χ1n) is 20.0. The predicted octanol–water partition coefficient (Wildman–Crippen LogP) is 2.46. The smallest absolute Gasteiger partial charge is 0.329 e. The fourth-order valence-electron chi connectivity index (χ4n) is 8.54. The Kier molecular flexibility index (Phi) is 13.2. The van der Waals surface area contributed by atoms with Crippen LogP contribution in [-0.4, -0.2) is 118 Å². The highest BCUT2D eigenvalue weighted by Gasteiger charge is 2.47. The predicted molar refractivity (Wildman–Crippen MR) is 210 cm³/mol. The Morgan fingerprint density at radius 3 is 2.28 bits per heavy atom. The zero-order valence-corrected chi connectivity index (χ0v) is 33.8. The lowest BCUT2D eigenvalue weighted by molar-refractivity contribution is -0.163. The highest BCUT2D eigenvalue weighted by Crippen LogP contribution is 2.29. The standard InChI is InChI=1S/C42H53ClN6O8/c1-24-9-7-10-29(19-24)21-31(45-35(50)22-28-13-15-30(43)16-14-28)37(51)46-36-27(4)57-42(56)34-20-25(2)23-49(34)39(53)26(3)44-38(52)32-11-5-6-17-47(32)40(54)33-12-8-18-48(33)41(36)55/h7,9-10,13-16,19,25-27,31-34,36H,5-6,8,11-12,17-18,20-23H2,1-4H3,(H,44,52)(H,45,50)(H,46,51)/t25-,26+,27+,31+,32+,33+,34+,36+/m1/s1. The van der Waals surface area contributed by atoms with E-state index in [2.05, 4.69) is 16.0 Å². The molecule has 2 aromatic rings. The maximum atomic E-state index is 14.7. The molecule has 306 valence electrons. The van der Waals surface area contributed by atoms with E-state index in [-0.39, 0.29) is 37.8 Å². The Balaban J connectivity index is 1.33. The van der Waals surface area contributed by atoms with Crippen LogP contribution in [0.5, 0.6) is 0 Å². The van der Waals surface area contributed by atoms with Gasteiger partial charge in [-0.1, -0.05) is 60.5 Å². The van der Waals surface area contributed by atoms with E-state index in [0.29, 0.717) is 55.7 Å². The molecule has 3 N–H and O–H groups in total. The molecule has 4 aliphatic heterocycles. The van der Waals surface area contributed by atoms with Crippen LogP contribution in [0.3, 0.4) is 0 Å². The fourth-order valence-corrected chi connectivity index (χ4v) is 8.66. The summed E-state index contributed by atoms with van der Waals surface area (Å²) < 4.78 is 5.97. The number of hydrogen-bond donors (Lipinski definition) is 3. The van der Waals surface area contributed by atoms with Gasteiger partial charge in [0.1, 0.15) is 42.4 Å². The monoisotopic (exact) mass is 804 g/mol. The first-order valence-corrected chi connectivity index (χ1v) is 20.4. The van der Waals surface area contributed by atoms with Gasteiger partial charge >= 0.3 is 5.97 Å². The van der Waals surface area contributed by atoms with Gasteiger partial charge in [0, 0.05) is 31.1 Å². The largest absolute Gasteiger partial charge is 0.458 e. The Bertz CT molecular complexity index is 1870. The number of esters is 1. The van der Waals surface area contributed by atoms with Crippen LogP contribution in [0.15, 0.2) is 48.5 Å². The van der Waals surface area contributed by atoms with Crippen molar-refractivity contribution in [3.63, 3.8) is 0 Å². The van der Waals surface area contributed by atoms with Crippen molar-refractivity contribution in [3.05, 3.63) is 70.2 Å². The summed E-state index contributed by atoms with van der Waals surface area (Å²) >= 11 is 6.04. The molecule has 4 aliphatic rings. The number of fused-ring (bicyclic) bond motifs is 3. The lowest BCUT2D eigenvalue weighted by Crippen LogP contribution is -2.63. The van der Waals surface area contributed by atoms with Crippen LogP contribution in [0.25, 0.3) is 0 Å². The number of rotatable bonds is 7. The summed E-state index contributed by atoms with van der Waals surface area (Å²) in [4.78, 5) is 103. The molecule has 0 saturated carbocycles. The molecule has 6 amide bonds. The third-order valence-corrected chi connectivity index (χ3v) is 11.7. The summed E-state index contributed by atoms with van der Waals surface area (Å²) in [7, 11) is 0. The lowest BCUT2D eigenvalue weighted by atomic mass is 9.99. The van der Waals surface area contributed by atoms with Gasteiger partial charge in [-0.15, -0.1) is 0 Å². The maximum Gasteiger partial charge on any atom is 0.329 e. The summed E-state index contributed by atoms with van der Waals surface area (Å²) in [5, 5.41) is 8.98. The third kappa shape index (κ3) is 9.77. The zero-order valence-electron chi connectivity index (χ0n) is 33.0. The molecule has 14 nitrogen and oxygen atoms in total. The molecule has 0 aliphatic carbocycles. The Morgan fingerprint density at radius 1 is 0.842 bits per heavy atom. The minimum Gasteiger partial charge on any atom is -0.458 e. The number of carbonyl (C=O) groups is 7. The number of cyclic esters (lactones) is 1. The fraction of sp³-hybridized carbons (Fsp3) is 0.548. The number of carbonyl (C=O) groups excluding carboxylic acids is 7. The van der Waals surface area contributed by atoms with Gasteiger partial charge in [-0.25, -0.2) is 4.79 Å². The van der Waals surface area contributed by atoms with Gasteiger partial charge in [-0.3, -0.25) is 28.8 Å². The van der Waals surface area contributed by atoms with Crippen molar-refractivity contribution in [1.82, 2.24) is 30.7 Å². The molecule has 0 radical (unpaired) electrons. The summed E-state index contributed by atoms with van der Waals surface area (Å²) in [6.07, 6.45) is 1.74. The van der Waals surface area contributed by atoms with Crippen LogP contribution in [-0.2, 0) is 51.1 Å². The van der Waals surface area contributed by atoms with E-state index in [9.17, 15) is 33.6 Å². The van der Waals surface area contributed by atoms with Crippen LogP contribution < -0.4 is 16.0 Å². The second kappa shape index (κ2) is 18.1. The molecule has 2 aromatic carbocycles. The molecule has 57 heavy (non-hydrogen) atoms. The van der Waals surface area contributed by atoms with E-state index in [0.717, 1.165) is 11.1 Å². The van der Waals surface area contributed by atoms with Crippen LogP contribution in [0.2, 0.25) is 5.02 Å². The average molecular weight is 805 g/mol. The van der Waals surface area contributed by atoms with E-state index in [4.69, 9.17) is 16.3 Å². The zero-order chi connectivity index (χ0) is 41.0. The molecule has 8 atom stereocenters. The number of piperidine rings is 1. The molecular formula is C42H53ClN6O8. The van der Waals surface area contributed by atoms with Crippen molar-refractivity contribution in [3.8, 4) is 0 Å². The number of halogens is 1. The lowest BCUT2D eigenvalue weighted by Gasteiger charge is -2.39. The molecule has 4 fully saturated rings. The average Bonchev–Trinajstić information content (AvgIpc) is 3.83. The first-order chi connectivity index (χ1) is 27.2. The molecule has 0 spiro atoms. The van der Waals surface area contributed by atoms with Gasteiger partial charge in [0.15, 0.2) is 0 Å². The topological polar surface area (TPSA) is 175 Å². The van der Waals surface area contributed by atoms with Gasteiger partial charge in [-0.05, 0) is 88.5 Å². The SMILES string of the molecule is Cc1cccc(C[C@H](NC(=O)Cc2ccc(Cl)cc2)C(=O)N[C@@H]2C(=O)N3CCC[C@H]3C(=O)N3CCCC[C@H]3C(=O)N[C@@H](C)C(=O)N3C[C@H](C)C[C@H]3C(=O)O[C@H]2C)c1. The third-order valence-electron chi connectivity index (χ3n) is 11.5. The van der Waals surface area contributed by atoms with Crippen LogP contribution >= 0.6 is 11.6 Å². The molecular weight excluding hydrogens is 752 g/mol. The van der Waals surface area contributed by atoms with E-state index >= 15 is 0 Å². The van der Waals surface area contributed by atoms with E-state index in [1.165, 1.54) is 21.6 Å². The Labute approximate surface area is 338 Å². The van der Waals surface area contributed by atoms with Crippen molar-refractivity contribution in [2.45, 2.75) is 121 Å². The summed E-state index contributed by atoms with van der Waals surface area (Å²) in [5.41, 5.74) is 2.40. The molecule has 4 heterocycles. The van der Waals surface area contributed by atoms with E-state index < -0.39 is 77.9 Å². The number of hydrogen-bond acceptors (Lipinski definition) is 8. The minimum atomic E-state index is -1.46. The maximum absolute atomic E-state index is 14.7. The molecule has 15 heteroatoms. The molecule has 0 unspecified atom stereocenters. The van der Waals surface area contributed by atoms with Gasteiger partial charge in [0.2, 0.25) is 35.4 Å². The molecule has 6 rings (SSSR count). The number of benzene rings is 2. The van der Waals surface area contributed by atoms with E-state index in [1.807, 2.05) is 38.1 Å². The number of nitrogens with one attached hydrogen (secondary N) is 3. The quantitative estimate of drug-likeness (QED) is 0.358. The summed E-state index contributed by atoms with van der Waals surface area (Å²) in [5.74, 6) is -3.87. The molecule has 0 aromatic heterocycles. The Morgan fingerprint density at radius 2 is 1.54 bits per heavy atom. The molecule has 0 bridgehead atoms. The second-order valence-corrected chi connectivity index (χ2v) is 16.5. The summed E-state index contributed by atoms with van der Waals surface area (Å²) in [6, 6.07) is 7.97. The van der Waals surface area contributed by atoms with Crippen molar-refractivity contribution < 1.29 is 38.3 Å². The summed E-state index contributed by atoms with van der Waals surface area (Å²) in [6.45, 7) is 7.66. The Hall–Kier alpha value is -4.98. The second-order valence-electron chi connectivity index (χ2n) is 16.1.